The van der Waals surface area contributed by atoms with Crippen LogP contribution in [0, 0.1) is 0 Å². The van der Waals surface area contributed by atoms with Gasteiger partial charge in [0.05, 0.1) is 6.61 Å². The number of carboxylic acids is 1. The van der Waals surface area contributed by atoms with Crippen LogP contribution in [0.4, 0.5) is 0 Å². The summed E-state index contributed by atoms with van der Waals surface area (Å²) in [4.78, 5) is 14.6. The Labute approximate surface area is 128 Å². The van der Waals surface area contributed by atoms with E-state index in [1.165, 1.54) is 0 Å². The number of hydrogen-bond acceptors (Lipinski definition) is 4. The summed E-state index contributed by atoms with van der Waals surface area (Å²) in [6.45, 7) is 1.94. The van der Waals surface area contributed by atoms with Crippen molar-refractivity contribution in [2.24, 2.45) is 0 Å². The van der Waals surface area contributed by atoms with Crippen molar-refractivity contribution >= 4 is 18.1 Å². The fourth-order valence-electron chi connectivity index (χ4n) is 1.82. The predicted octanol–water partition coefficient (Wildman–Crippen LogP) is 3.11. The number of pyridine rings is 1. The first-order chi connectivity index (χ1) is 10.7. The molecule has 0 amide bonds. The Morgan fingerprint density at radius 3 is 2.50 bits per heavy atom. The number of hydrogen-bond donors (Lipinski definition) is 1. The van der Waals surface area contributed by atoms with Crippen LogP contribution in [0.3, 0.4) is 0 Å². The van der Waals surface area contributed by atoms with Crippen LogP contribution in [0.2, 0.25) is 0 Å². The third-order valence-corrected chi connectivity index (χ3v) is 2.79. The molecule has 0 unspecified atom stereocenters. The van der Waals surface area contributed by atoms with E-state index in [0.29, 0.717) is 18.1 Å². The first-order valence-electron chi connectivity index (χ1n) is 6.88. The molecule has 2 rings (SSSR count). The molecule has 0 spiro atoms. The summed E-state index contributed by atoms with van der Waals surface area (Å²) in [6.07, 6.45) is 7.37. The van der Waals surface area contributed by atoms with Crippen molar-refractivity contribution in [3.8, 4) is 11.5 Å². The van der Waals surface area contributed by atoms with Gasteiger partial charge in [0.2, 0.25) is 0 Å². The van der Waals surface area contributed by atoms with Gasteiger partial charge in [-0.05, 0) is 42.3 Å². The van der Waals surface area contributed by atoms with E-state index in [1.54, 1.807) is 18.5 Å². The second-order valence-electron chi connectivity index (χ2n) is 4.44. The average molecular weight is 299 g/mol. The molecule has 5 nitrogen and oxygen atoms in total. The van der Waals surface area contributed by atoms with Crippen LogP contribution >= 0.6 is 0 Å². The highest BCUT2D eigenvalue weighted by Crippen LogP contribution is 2.29. The minimum Gasteiger partial charge on any atom is -0.490 e. The van der Waals surface area contributed by atoms with Gasteiger partial charge in [-0.3, -0.25) is 4.98 Å². The Bertz CT molecular complexity index is 653. The molecule has 0 radical (unpaired) electrons. The third kappa shape index (κ3) is 4.63. The number of benzene rings is 1. The van der Waals surface area contributed by atoms with Gasteiger partial charge in [0.15, 0.2) is 18.1 Å². The van der Waals surface area contributed by atoms with Crippen molar-refractivity contribution < 1.29 is 19.4 Å². The average Bonchev–Trinajstić information content (AvgIpc) is 2.53. The van der Waals surface area contributed by atoms with Gasteiger partial charge in [0, 0.05) is 12.4 Å². The normalized spacial score (nSPS) is 10.6. The Kier molecular flexibility index (Phi) is 5.54. The standard InChI is InChI=1S/C17H17NO4/c1-2-21-16-11-14(4-3-13-7-9-18-10-8-13)5-6-15(16)22-12-17(19)20/h3-11H,2,12H2,1H3,(H,19,20)/b4-3+. The van der Waals surface area contributed by atoms with Crippen LogP contribution < -0.4 is 9.47 Å². The van der Waals surface area contributed by atoms with E-state index in [-0.39, 0.29) is 0 Å². The van der Waals surface area contributed by atoms with Gasteiger partial charge in [0.1, 0.15) is 0 Å². The molecule has 114 valence electrons. The molecule has 5 heteroatoms. The first kappa shape index (κ1) is 15.6. The van der Waals surface area contributed by atoms with Gasteiger partial charge in [-0.25, -0.2) is 4.79 Å². The summed E-state index contributed by atoms with van der Waals surface area (Å²) in [5, 5.41) is 8.68. The Hall–Kier alpha value is -2.82. The van der Waals surface area contributed by atoms with Crippen molar-refractivity contribution in [2.75, 3.05) is 13.2 Å². The maximum atomic E-state index is 10.6. The third-order valence-electron chi connectivity index (χ3n) is 2.79. The van der Waals surface area contributed by atoms with Crippen LogP contribution in [0.15, 0.2) is 42.7 Å². The summed E-state index contributed by atoms with van der Waals surface area (Å²) in [6, 6.07) is 9.19. The molecule has 22 heavy (non-hydrogen) atoms. The van der Waals surface area contributed by atoms with Crippen molar-refractivity contribution in [1.29, 1.82) is 0 Å². The number of aromatic nitrogens is 1. The number of ether oxygens (including phenoxy) is 2. The summed E-state index contributed by atoms with van der Waals surface area (Å²) in [5.74, 6) is -0.0740. The van der Waals surface area contributed by atoms with E-state index in [4.69, 9.17) is 14.6 Å². The van der Waals surface area contributed by atoms with E-state index in [1.807, 2.05) is 43.3 Å². The van der Waals surface area contributed by atoms with Crippen LogP contribution in [0.5, 0.6) is 11.5 Å². The molecule has 0 aliphatic heterocycles. The van der Waals surface area contributed by atoms with E-state index < -0.39 is 12.6 Å². The topological polar surface area (TPSA) is 68.7 Å². The van der Waals surface area contributed by atoms with E-state index >= 15 is 0 Å². The molecule has 2 aromatic rings. The number of carbonyl (C=O) groups is 1. The van der Waals surface area contributed by atoms with Crippen LogP contribution in [0.1, 0.15) is 18.1 Å². The highest BCUT2D eigenvalue weighted by molar-refractivity contribution is 5.71. The molecule has 1 heterocycles. The number of carboxylic acid groups (broad SMARTS) is 1. The molecule has 0 aliphatic rings. The second-order valence-corrected chi connectivity index (χ2v) is 4.44. The molecule has 0 aliphatic carbocycles. The fourth-order valence-corrected chi connectivity index (χ4v) is 1.82. The van der Waals surface area contributed by atoms with Gasteiger partial charge in [0.25, 0.3) is 0 Å². The largest absolute Gasteiger partial charge is 0.490 e. The summed E-state index contributed by atoms with van der Waals surface area (Å²) < 4.78 is 10.7. The van der Waals surface area contributed by atoms with Gasteiger partial charge in [-0.15, -0.1) is 0 Å². The first-order valence-corrected chi connectivity index (χ1v) is 6.88. The second kappa shape index (κ2) is 7.83. The Balaban J connectivity index is 2.17. The molecular formula is C17H17NO4. The van der Waals surface area contributed by atoms with Crippen LogP contribution in [-0.2, 0) is 4.79 Å². The minimum absolute atomic E-state index is 0.397. The zero-order valence-electron chi connectivity index (χ0n) is 12.2. The van der Waals surface area contributed by atoms with Crippen molar-refractivity contribution in [3.63, 3.8) is 0 Å². The van der Waals surface area contributed by atoms with Crippen molar-refractivity contribution in [2.45, 2.75) is 6.92 Å². The van der Waals surface area contributed by atoms with E-state index in [2.05, 4.69) is 4.98 Å². The Morgan fingerprint density at radius 1 is 1.09 bits per heavy atom. The molecule has 1 aromatic carbocycles. The lowest BCUT2D eigenvalue weighted by Crippen LogP contribution is -2.10. The van der Waals surface area contributed by atoms with Crippen LogP contribution in [0.25, 0.3) is 12.2 Å². The minimum atomic E-state index is -1.02. The molecule has 0 bridgehead atoms. The number of nitrogens with zero attached hydrogens (tertiary/aromatic N) is 1. The highest BCUT2D eigenvalue weighted by atomic mass is 16.5. The Morgan fingerprint density at radius 2 is 1.82 bits per heavy atom. The quantitative estimate of drug-likeness (QED) is 0.850. The molecule has 1 N–H and O–H groups in total. The molecule has 0 saturated carbocycles. The lowest BCUT2D eigenvalue weighted by Gasteiger charge is -2.11. The van der Waals surface area contributed by atoms with E-state index in [9.17, 15) is 4.79 Å². The molecule has 1 aromatic heterocycles. The molecular weight excluding hydrogens is 282 g/mol. The number of aliphatic carboxylic acids is 1. The maximum absolute atomic E-state index is 10.6. The predicted molar refractivity (Wildman–Crippen MR) is 83.9 cm³/mol. The fraction of sp³-hybridized carbons (Fsp3) is 0.176. The van der Waals surface area contributed by atoms with Crippen LogP contribution in [-0.4, -0.2) is 29.3 Å². The van der Waals surface area contributed by atoms with E-state index in [0.717, 1.165) is 11.1 Å². The van der Waals surface area contributed by atoms with Crippen molar-refractivity contribution in [1.82, 2.24) is 4.98 Å². The zero-order chi connectivity index (χ0) is 15.8. The molecule has 0 saturated heterocycles. The zero-order valence-corrected chi connectivity index (χ0v) is 12.2. The summed E-state index contributed by atoms with van der Waals surface area (Å²) >= 11 is 0. The molecule has 0 atom stereocenters. The number of rotatable bonds is 7. The maximum Gasteiger partial charge on any atom is 0.341 e. The smallest absolute Gasteiger partial charge is 0.341 e. The van der Waals surface area contributed by atoms with Gasteiger partial charge < -0.3 is 14.6 Å². The summed E-state index contributed by atoms with van der Waals surface area (Å²) in [7, 11) is 0. The highest BCUT2D eigenvalue weighted by Gasteiger charge is 2.07. The lowest BCUT2D eigenvalue weighted by atomic mass is 10.1. The van der Waals surface area contributed by atoms with Gasteiger partial charge in [-0.2, -0.15) is 0 Å². The van der Waals surface area contributed by atoms with Gasteiger partial charge >= 0.3 is 5.97 Å². The van der Waals surface area contributed by atoms with Gasteiger partial charge in [-0.1, -0.05) is 18.2 Å². The SMILES string of the molecule is CCOc1cc(/C=C/c2ccncc2)ccc1OCC(=O)O. The van der Waals surface area contributed by atoms with Crippen molar-refractivity contribution in [3.05, 3.63) is 53.9 Å². The lowest BCUT2D eigenvalue weighted by molar-refractivity contribution is -0.139. The summed E-state index contributed by atoms with van der Waals surface area (Å²) in [5.41, 5.74) is 1.97. The molecule has 0 fully saturated rings. The monoisotopic (exact) mass is 299 g/mol.